The van der Waals surface area contributed by atoms with Gasteiger partial charge in [-0.05, 0) is 67.6 Å². The van der Waals surface area contributed by atoms with Crippen molar-refractivity contribution in [2.75, 3.05) is 11.9 Å². The normalized spacial score (nSPS) is 10.6. The molecule has 0 spiro atoms. The molecule has 0 atom stereocenters. The molecule has 0 aliphatic rings. The Morgan fingerprint density at radius 2 is 1.73 bits per heavy atom. The van der Waals surface area contributed by atoms with Gasteiger partial charge < -0.3 is 19.2 Å². The molecule has 3 aromatic carbocycles. The summed E-state index contributed by atoms with van der Waals surface area (Å²) in [4.78, 5) is 16.7. The molecule has 168 valence electrons. The van der Waals surface area contributed by atoms with E-state index in [-0.39, 0.29) is 18.1 Å². The number of nitrogens with zero attached hydrogens (tertiary/aromatic N) is 1. The summed E-state index contributed by atoms with van der Waals surface area (Å²) >= 11 is 0. The number of anilines is 1. The Labute approximate surface area is 191 Å². The summed E-state index contributed by atoms with van der Waals surface area (Å²) in [6.07, 6.45) is 2.08. The van der Waals surface area contributed by atoms with E-state index in [2.05, 4.69) is 10.3 Å². The number of hydrogen-bond acceptors (Lipinski definition) is 5. The topological polar surface area (TPSA) is 73.6 Å². The van der Waals surface area contributed by atoms with Crippen LogP contribution in [0.3, 0.4) is 0 Å². The number of ether oxygens (including phenoxy) is 2. The lowest BCUT2D eigenvalue weighted by Crippen LogP contribution is -2.13. The molecule has 1 amide bonds. The highest BCUT2D eigenvalue weighted by Gasteiger charge is 2.12. The number of aryl methyl sites for hydroxylation is 1. The lowest BCUT2D eigenvalue weighted by Gasteiger charge is -2.12. The fourth-order valence-corrected chi connectivity index (χ4v) is 3.16. The van der Waals surface area contributed by atoms with Crippen LogP contribution in [0.1, 0.15) is 19.2 Å². The lowest BCUT2D eigenvalue weighted by molar-refractivity contribution is -0.116. The highest BCUT2D eigenvalue weighted by Crippen LogP contribution is 2.30. The van der Waals surface area contributed by atoms with Gasteiger partial charge in [0.2, 0.25) is 5.91 Å². The van der Waals surface area contributed by atoms with Crippen LogP contribution in [0.15, 0.2) is 83.4 Å². The van der Waals surface area contributed by atoms with E-state index < -0.39 is 0 Å². The summed E-state index contributed by atoms with van der Waals surface area (Å²) in [5.41, 5.74) is 1.29. The number of carbonyl (C=O) groups is 1. The van der Waals surface area contributed by atoms with E-state index in [1.54, 1.807) is 30.5 Å². The Bertz CT molecular complexity index is 1200. The minimum atomic E-state index is -0.318. The highest BCUT2D eigenvalue weighted by molar-refractivity contribution is 5.92. The zero-order valence-corrected chi connectivity index (χ0v) is 18.1. The van der Waals surface area contributed by atoms with E-state index >= 15 is 0 Å². The molecule has 33 heavy (non-hydrogen) atoms. The molecule has 0 saturated carbocycles. The van der Waals surface area contributed by atoms with Gasteiger partial charge in [-0.15, -0.1) is 0 Å². The first-order chi connectivity index (χ1) is 16.1. The van der Waals surface area contributed by atoms with Crippen molar-refractivity contribution in [1.29, 1.82) is 0 Å². The van der Waals surface area contributed by atoms with Crippen LogP contribution in [-0.2, 0) is 11.2 Å². The molecule has 1 aromatic heterocycles. The minimum Gasteiger partial charge on any atom is -0.494 e. The molecule has 4 rings (SSSR count). The van der Waals surface area contributed by atoms with Gasteiger partial charge in [0.1, 0.15) is 17.3 Å². The van der Waals surface area contributed by atoms with Crippen LogP contribution in [0.5, 0.6) is 17.2 Å². The average Bonchev–Trinajstić information content (AvgIpc) is 3.30. The number of para-hydroxylation sites is 2. The molecular formula is C26H23FN2O4. The summed E-state index contributed by atoms with van der Waals surface area (Å²) in [6.45, 7) is 2.52. The number of amides is 1. The van der Waals surface area contributed by atoms with Crippen LogP contribution in [0.25, 0.3) is 11.3 Å². The standard InChI is InChI=1S/C26H23FN2O4/c1-2-31-20-11-13-21(14-12-20)32-23-6-4-3-5-22(23)29-25(30)15-16-26-28-17-24(33-26)18-7-9-19(27)10-8-18/h3-14,17H,2,15-16H2,1H3,(H,29,30). The summed E-state index contributed by atoms with van der Waals surface area (Å²) in [5, 5.41) is 2.88. The molecular weight excluding hydrogens is 423 g/mol. The third-order valence-electron chi connectivity index (χ3n) is 4.77. The second-order valence-corrected chi connectivity index (χ2v) is 7.18. The number of rotatable bonds is 9. The molecule has 0 fully saturated rings. The molecule has 0 aliphatic heterocycles. The van der Waals surface area contributed by atoms with Crippen molar-refractivity contribution in [2.45, 2.75) is 19.8 Å². The van der Waals surface area contributed by atoms with Crippen molar-refractivity contribution in [3.05, 3.63) is 90.7 Å². The van der Waals surface area contributed by atoms with Crippen molar-refractivity contribution in [2.24, 2.45) is 0 Å². The molecule has 0 bridgehead atoms. The van der Waals surface area contributed by atoms with Gasteiger partial charge in [0.25, 0.3) is 0 Å². The van der Waals surface area contributed by atoms with Crippen LogP contribution < -0.4 is 14.8 Å². The number of oxazole rings is 1. The SMILES string of the molecule is CCOc1ccc(Oc2ccccc2NC(=O)CCc2ncc(-c3ccc(F)cc3)o2)cc1. The first-order valence-electron chi connectivity index (χ1n) is 10.6. The Hall–Kier alpha value is -4.13. The van der Waals surface area contributed by atoms with Crippen molar-refractivity contribution in [1.82, 2.24) is 4.98 Å². The zero-order valence-electron chi connectivity index (χ0n) is 18.1. The maximum atomic E-state index is 13.1. The maximum absolute atomic E-state index is 13.1. The van der Waals surface area contributed by atoms with Crippen LogP contribution in [-0.4, -0.2) is 17.5 Å². The van der Waals surface area contributed by atoms with Crippen molar-refractivity contribution < 1.29 is 23.1 Å². The third-order valence-corrected chi connectivity index (χ3v) is 4.77. The van der Waals surface area contributed by atoms with Gasteiger partial charge >= 0.3 is 0 Å². The Morgan fingerprint density at radius 3 is 2.48 bits per heavy atom. The molecule has 7 heteroatoms. The Balaban J connectivity index is 1.35. The van der Waals surface area contributed by atoms with Gasteiger partial charge in [0, 0.05) is 18.4 Å². The van der Waals surface area contributed by atoms with E-state index in [0.29, 0.717) is 41.9 Å². The number of carbonyl (C=O) groups excluding carboxylic acids is 1. The monoisotopic (exact) mass is 446 g/mol. The number of aromatic nitrogens is 1. The predicted octanol–water partition coefficient (Wildman–Crippen LogP) is 6.24. The largest absolute Gasteiger partial charge is 0.494 e. The van der Waals surface area contributed by atoms with Gasteiger partial charge in [-0.25, -0.2) is 9.37 Å². The molecule has 0 unspecified atom stereocenters. The molecule has 0 saturated heterocycles. The quantitative estimate of drug-likeness (QED) is 0.329. The maximum Gasteiger partial charge on any atom is 0.224 e. The second-order valence-electron chi connectivity index (χ2n) is 7.18. The first-order valence-corrected chi connectivity index (χ1v) is 10.6. The van der Waals surface area contributed by atoms with Gasteiger partial charge in [-0.2, -0.15) is 0 Å². The minimum absolute atomic E-state index is 0.181. The van der Waals surface area contributed by atoms with Crippen LogP contribution >= 0.6 is 0 Å². The third kappa shape index (κ3) is 5.98. The van der Waals surface area contributed by atoms with Crippen molar-refractivity contribution >= 4 is 11.6 Å². The van der Waals surface area contributed by atoms with Crippen LogP contribution in [0.4, 0.5) is 10.1 Å². The average molecular weight is 446 g/mol. The number of hydrogen-bond donors (Lipinski definition) is 1. The number of nitrogens with one attached hydrogen (secondary N) is 1. The number of halogens is 1. The Kier molecular flexibility index (Phi) is 6.99. The second kappa shape index (κ2) is 10.5. The molecule has 6 nitrogen and oxygen atoms in total. The van der Waals surface area contributed by atoms with Crippen LogP contribution in [0, 0.1) is 5.82 Å². The van der Waals surface area contributed by atoms with Crippen LogP contribution in [0.2, 0.25) is 0 Å². The fraction of sp³-hybridized carbons (Fsp3) is 0.154. The molecule has 0 radical (unpaired) electrons. The van der Waals surface area contributed by atoms with Gasteiger partial charge in [0.15, 0.2) is 17.4 Å². The lowest BCUT2D eigenvalue weighted by atomic mass is 10.2. The smallest absolute Gasteiger partial charge is 0.224 e. The fourth-order valence-electron chi connectivity index (χ4n) is 3.16. The summed E-state index contributed by atoms with van der Waals surface area (Å²) in [5.74, 6) is 2.38. The van der Waals surface area contributed by atoms with Crippen molar-refractivity contribution in [3.8, 4) is 28.6 Å². The predicted molar refractivity (Wildman–Crippen MR) is 123 cm³/mol. The van der Waals surface area contributed by atoms with Crippen molar-refractivity contribution in [3.63, 3.8) is 0 Å². The van der Waals surface area contributed by atoms with E-state index in [4.69, 9.17) is 13.9 Å². The van der Waals surface area contributed by atoms with E-state index in [1.165, 1.54) is 12.1 Å². The van der Waals surface area contributed by atoms with E-state index in [0.717, 1.165) is 11.3 Å². The summed E-state index contributed by atoms with van der Waals surface area (Å²) < 4.78 is 30.2. The summed E-state index contributed by atoms with van der Waals surface area (Å²) in [7, 11) is 0. The van der Waals surface area contributed by atoms with Gasteiger partial charge in [-0.1, -0.05) is 12.1 Å². The van der Waals surface area contributed by atoms with E-state index in [1.807, 2.05) is 43.3 Å². The zero-order chi connectivity index (χ0) is 23.0. The van der Waals surface area contributed by atoms with Gasteiger partial charge in [0.05, 0.1) is 18.5 Å². The summed E-state index contributed by atoms with van der Waals surface area (Å²) in [6, 6.07) is 20.5. The Morgan fingerprint density at radius 1 is 1.00 bits per heavy atom. The molecule has 0 aliphatic carbocycles. The van der Waals surface area contributed by atoms with E-state index in [9.17, 15) is 9.18 Å². The molecule has 1 N–H and O–H groups in total. The first kappa shape index (κ1) is 22.1. The molecule has 1 heterocycles. The highest BCUT2D eigenvalue weighted by atomic mass is 19.1. The van der Waals surface area contributed by atoms with Gasteiger partial charge in [-0.3, -0.25) is 4.79 Å². The molecule has 4 aromatic rings. The number of benzene rings is 3.